The molecule has 1 aliphatic rings. The summed E-state index contributed by atoms with van der Waals surface area (Å²) in [6.45, 7) is 2.07. The molecule has 1 atom stereocenters. The van der Waals surface area contributed by atoms with E-state index in [1.165, 1.54) is 5.56 Å². The van der Waals surface area contributed by atoms with Gasteiger partial charge in [0.25, 0.3) is 5.91 Å². The van der Waals surface area contributed by atoms with E-state index in [4.69, 9.17) is 5.10 Å². The zero-order chi connectivity index (χ0) is 19.3. The van der Waals surface area contributed by atoms with Crippen LogP contribution >= 0.6 is 0 Å². The van der Waals surface area contributed by atoms with Gasteiger partial charge >= 0.3 is 0 Å². The van der Waals surface area contributed by atoms with Crippen LogP contribution in [0.4, 0.5) is 0 Å². The smallest absolute Gasteiger partial charge is 0.267 e. The molecule has 4 rings (SSSR count). The first kappa shape index (κ1) is 17.9. The monoisotopic (exact) mass is 366 g/mol. The summed E-state index contributed by atoms with van der Waals surface area (Å²) < 4.78 is 0. The van der Waals surface area contributed by atoms with E-state index in [-0.39, 0.29) is 11.9 Å². The Morgan fingerprint density at radius 2 is 1.57 bits per heavy atom. The fraction of sp³-hybridized carbons (Fsp3) is 0.120. The first-order valence-electron chi connectivity index (χ1n) is 9.46. The summed E-state index contributed by atoms with van der Waals surface area (Å²) in [5.41, 5.74) is 5.29. The van der Waals surface area contributed by atoms with E-state index in [1.54, 1.807) is 11.1 Å². The van der Waals surface area contributed by atoms with Gasteiger partial charge in [0.05, 0.1) is 11.8 Å². The molecule has 0 fully saturated rings. The van der Waals surface area contributed by atoms with Crippen molar-refractivity contribution in [1.29, 1.82) is 0 Å². The van der Waals surface area contributed by atoms with Crippen LogP contribution in [0, 0.1) is 6.92 Å². The predicted octanol–water partition coefficient (Wildman–Crippen LogP) is 5.39. The highest BCUT2D eigenvalue weighted by Crippen LogP contribution is 2.33. The minimum atomic E-state index is -0.111. The third-order valence-electron chi connectivity index (χ3n) is 4.92. The van der Waals surface area contributed by atoms with E-state index < -0.39 is 0 Å². The third-order valence-corrected chi connectivity index (χ3v) is 4.92. The Hall–Kier alpha value is -3.46. The molecule has 138 valence electrons. The van der Waals surface area contributed by atoms with Crippen LogP contribution < -0.4 is 0 Å². The molecule has 0 aliphatic carbocycles. The standard InChI is InChI=1S/C25H22N2O/c1-19-12-15-22(16-13-19)24-18-23(21-10-6-3-7-11-21)26-27(24)25(28)17-14-20-8-4-2-5-9-20/h2-17,24H,18H2,1H3/b17-14+. The fourth-order valence-electron chi connectivity index (χ4n) is 3.37. The highest BCUT2D eigenvalue weighted by molar-refractivity contribution is 6.04. The molecule has 3 aromatic rings. The molecule has 0 spiro atoms. The fourth-order valence-corrected chi connectivity index (χ4v) is 3.37. The molecule has 28 heavy (non-hydrogen) atoms. The summed E-state index contributed by atoms with van der Waals surface area (Å²) in [4.78, 5) is 13.0. The minimum Gasteiger partial charge on any atom is -0.268 e. The number of hydrazone groups is 1. The van der Waals surface area contributed by atoms with E-state index in [1.807, 2.05) is 66.7 Å². The Kier molecular flexibility index (Phi) is 5.16. The quantitative estimate of drug-likeness (QED) is 0.570. The molecular formula is C25H22N2O. The molecule has 1 heterocycles. The van der Waals surface area contributed by atoms with Gasteiger partial charge in [-0.15, -0.1) is 0 Å². The first-order valence-corrected chi connectivity index (χ1v) is 9.46. The van der Waals surface area contributed by atoms with Crippen molar-refractivity contribution in [3.8, 4) is 0 Å². The molecule has 1 unspecified atom stereocenters. The summed E-state index contributed by atoms with van der Waals surface area (Å²) >= 11 is 0. The lowest BCUT2D eigenvalue weighted by Gasteiger charge is -2.21. The summed E-state index contributed by atoms with van der Waals surface area (Å²) in [5, 5.41) is 6.32. The Morgan fingerprint density at radius 1 is 0.929 bits per heavy atom. The number of aryl methyl sites for hydroxylation is 1. The van der Waals surface area contributed by atoms with Gasteiger partial charge in [-0.25, -0.2) is 5.01 Å². The number of carbonyl (C=O) groups is 1. The third kappa shape index (κ3) is 3.94. The molecule has 0 aromatic heterocycles. The normalized spacial score (nSPS) is 16.4. The number of hydrogen-bond donors (Lipinski definition) is 0. The average Bonchev–Trinajstić information content (AvgIpc) is 3.19. The average molecular weight is 366 g/mol. The van der Waals surface area contributed by atoms with Gasteiger partial charge in [0.15, 0.2) is 0 Å². The number of amides is 1. The Balaban J connectivity index is 1.64. The molecule has 0 N–H and O–H groups in total. The second-order valence-electron chi connectivity index (χ2n) is 6.97. The van der Waals surface area contributed by atoms with Crippen molar-refractivity contribution in [2.75, 3.05) is 0 Å². The van der Waals surface area contributed by atoms with E-state index in [9.17, 15) is 4.79 Å². The zero-order valence-electron chi connectivity index (χ0n) is 15.8. The van der Waals surface area contributed by atoms with Crippen molar-refractivity contribution in [1.82, 2.24) is 5.01 Å². The molecule has 1 amide bonds. The van der Waals surface area contributed by atoms with Crippen LogP contribution in [-0.2, 0) is 4.79 Å². The van der Waals surface area contributed by atoms with E-state index in [0.717, 1.165) is 22.4 Å². The molecule has 3 aromatic carbocycles. The van der Waals surface area contributed by atoms with Crippen LogP contribution in [0.5, 0.6) is 0 Å². The predicted molar refractivity (Wildman–Crippen MR) is 114 cm³/mol. The van der Waals surface area contributed by atoms with Crippen molar-refractivity contribution in [2.45, 2.75) is 19.4 Å². The van der Waals surface area contributed by atoms with Crippen LogP contribution in [-0.4, -0.2) is 16.6 Å². The molecule has 3 heteroatoms. The maximum absolute atomic E-state index is 13.0. The van der Waals surface area contributed by atoms with Gasteiger partial charge in [-0.1, -0.05) is 90.5 Å². The molecule has 0 saturated heterocycles. The van der Waals surface area contributed by atoms with Crippen LogP contribution in [0.3, 0.4) is 0 Å². The number of carbonyl (C=O) groups excluding carboxylic acids is 1. The van der Waals surface area contributed by atoms with E-state index >= 15 is 0 Å². The van der Waals surface area contributed by atoms with Gasteiger partial charge in [0.2, 0.25) is 0 Å². The largest absolute Gasteiger partial charge is 0.268 e. The van der Waals surface area contributed by atoms with Gasteiger partial charge in [-0.3, -0.25) is 4.79 Å². The van der Waals surface area contributed by atoms with Crippen LogP contribution in [0.15, 0.2) is 96.1 Å². The van der Waals surface area contributed by atoms with Crippen molar-refractivity contribution in [2.24, 2.45) is 5.10 Å². The lowest BCUT2D eigenvalue weighted by molar-refractivity contribution is -0.127. The number of benzene rings is 3. The lowest BCUT2D eigenvalue weighted by atomic mass is 9.98. The summed E-state index contributed by atoms with van der Waals surface area (Å²) in [6.07, 6.45) is 4.15. The van der Waals surface area contributed by atoms with Crippen LogP contribution in [0.1, 0.15) is 34.7 Å². The van der Waals surface area contributed by atoms with Gasteiger partial charge in [-0.2, -0.15) is 5.10 Å². The number of hydrogen-bond acceptors (Lipinski definition) is 2. The molecule has 0 bridgehead atoms. The van der Waals surface area contributed by atoms with Crippen LogP contribution in [0.2, 0.25) is 0 Å². The van der Waals surface area contributed by atoms with Crippen molar-refractivity contribution in [3.05, 3.63) is 113 Å². The molecule has 0 saturated carbocycles. The van der Waals surface area contributed by atoms with Crippen LogP contribution in [0.25, 0.3) is 6.08 Å². The highest BCUT2D eigenvalue weighted by Gasteiger charge is 2.32. The maximum atomic E-state index is 13.0. The number of nitrogens with zero attached hydrogens (tertiary/aromatic N) is 2. The van der Waals surface area contributed by atoms with Gasteiger partial charge in [0, 0.05) is 12.5 Å². The second-order valence-corrected chi connectivity index (χ2v) is 6.97. The topological polar surface area (TPSA) is 32.7 Å². The van der Waals surface area contributed by atoms with Crippen molar-refractivity contribution >= 4 is 17.7 Å². The van der Waals surface area contributed by atoms with E-state index in [2.05, 4.69) is 31.2 Å². The molecular weight excluding hydrogens is 344 g/mol. The SMILES string of the molecule is Cc1ccc(C2CC(c3ccccc3)=NN2C(=O)/C=C/c2ccccc2)cc1. The summed E-state index contributed by atoms with van der Waals surface area (Å²) in [7, 11) is 0. The Morgan fingerprint density at radius 3 is 2.25 bits per heavy atom. The first-order chi connectivity index (χ1) is 13.7. The second kappa shape index (κ2) is 8.05. The van der Waals surface area contributed by atoms with Gasteiger partial charge < -0.3 is 0 Å². The highest BCUT2D eigenvalue weighted by atomic mass is 16.2. The Labute approximate surface area is 165 Å². The van der Waals surface area contributed by atoms with Crippen molar-refractivity contribution in [3.63, 3.8) is 0 Å². The maximum Gasteiger partial charge on any atom is 0.267 e. The summed E-state index contributed by atoms with van der Waals surface area (Å²) in [5.74, 6) is -0.111. The van der Waals surface area contributed by atoms with Crippen molar-refractivity contribution < 1.29 is 4.79 Å². The number of rotatable bonds is 4. The summed E-state index contributed by atoms with van der Waals surface area (Å²) in [6, 6.07) is 28.1. The zero-order valence-corrected chi connectivity index (χ0v) is 15.8. The molecule has 0 radical (unpaired) electrons. The lowest BCUT2D eigenvalue weighted by Crippen LogP contribution is -2.25. The van der Waals surface area contributed by atoms with Gasteiger partial charge in [-0.05, 0) is 29.7 Å². The Bertz CT molecular complexity index is 1010. The van der Waals surface area contributed by atoms with Gasteiger partial charge in [0.1, 0.15) is 0 Å². The molecule has 3 nitrogen and oxygen atoms in total. The minimum absolute atomic E-state index is 0.0938. The van der Waals surface area contributed by atoms with E-state index in [0.29, 0.717) is 6.42 Å². The molecule has 1 aliphatic heterocycles.